The molecule has 0 spiro atoms. The fourth-order valence-corrected chi connectivity index (χ4v) is 2.42. The van der Waals surface area contributed by atoms with Crippen LogP contribution < -0.4 is 0 Å². The second kappa shape index (κ2) is 5.64. The van der Waals surface area contributed by atoms with Crippen LogP contribution in [-0.2, 0) is 0 Å². The minimum absolute atomic E-state index is 0.0114. The summed E-state index contributed by atoms with van der Waals surface area (Å²) in [5, 5.41) is 9.92. The summed E-state index contributed by atoms with van der Waals surface area (Å²) >= 11 is 0. The third-order valence-corrected chi connectivity index (χ3v) is 3.14. The summed E-state index contributed by atoms with van der Waals surface area (Å²) in [7, 11) is 0. The van der Waals surface area contributed by atoms with E-state index in [0.717, 1.165) is 12.3 Å². The highest BCUT2D eigenvalue weighted by Gasteiger charge is 2.21. The van der Waals surface area contributed by atoms with Gasteiger partial charge >= 0.3 is 0 Å². The molecule has 78 valence electrons. The third kappa shape index (κ3) is 4.12. The van der Waals surface area contributed by atoms with E-state index in [1.54, 1.807) is 0 Å². The lowest BCUT2D eigenvalue weighted by Gasteiger charge is -2.26. The highest BCUT2D eigenvalue weighted by molar-refractivity contribution is 4.72. The fourth-order valence-electron chi connectivity index (χ4n) is 2.42. The number of rotatable bonds is 2. The zero-order chi connectivity index (χ0) is 9.68. The van der Waals surface area contributed by atoms with Gasteiger partial charge in [-0.15, -0.1) is 0 Å². The monoisotopic (exact) mass is 184 g/mol. The van der Waals surface area contributed by atoms with E-state index in [1.165, 1.54) is 38.5 Å². The average molecular weight is 184 g/mol. The van der Waals surface area contributed by atoms with E-state index in [4.69, 9.17) is 0 Å². The van der Waals surface area contributed by atoms with Gasteiger partial charge in [-0.05, 0) is 31.1 Å². The summed E-state index contributed by atoms with van der Waals surface area (Å²) in [5.41, 5.74) is 0. The van der Waals surface area contributed by atoms with E-state index in [0.29, 0.717) is 5.92 Å². The molecule has 1 rings (SSSR count). The third-order valence-electron chi connectivity index (χ3n) is 3.14. The Morgan fingerprint density at radius 1 is 1.08 bits per heavy atom. The first-order valence-electron chi connectivity index (χ1n) is 5.88. The maximum atomic E-state index is 9.92. The zero-order valence-corrected chi connectivity index (χ0v) is 9.13. The second-order valence-electron chi connectivity index (χ2n) is 4.95. The van der Waals surface area contributed by atoms with Gasteiger partial charge in [0, 0.05) is 0 Å². The molecule has 0 aromatic rings. The zero-order valence-electron chi connectivity index (χ0n) is 9.13. The van der Waals surface area contributed by atoms with Gasteiger partial charge in [-0.25, -0.2) is 0 Å². The Labute approximate surface area is 82.5 Å². The molecular formula is C12H24O. The first-order chi connectivity index (χ1) is 6.20. The van der Waals surface area contributed by atoms with Crippen molar-refractivity contribution in [2.45, 2.75) is 64.9 Å². The van der Waals surface area contributed by atoms with Gasteiger partial charge < -0.3 is 5.11 Å². The summed E-state index contributed by atoms with van der Waals surface area (Å²) in [6.45, 7) is 4.51. The first-order valence-corrected chi connectivity index (χ1v) is 5.88. The molecule has 0 aromatic heterocycles. The van der Waals surface area contributed by atoms with Crippen molar-refractivity contribution in [3.63, 3.8) is 0 Å². The van der Waals surface area contributed by atoms with Crippen LogP contribution in [0, 0.1) is 11.8 Å². The van der Waals surface area contributed by atoms with Gasteiger partial charge in [-0.2, -0.15) is 0 Å². The van der Waals surface area contributed by atoms with Gasteiger partial charge in [0.15, 0.2) is 0 Å². The molecule has 0 radical (unpaired) electrons. The largest absolute Gasteiger partial charge is 0.393 e. The van der Waals surface area contributed by atoms with Crippen LogP contribution in [0.5, 0.6) is 0 Å². The molecule has 0 bridgehead atoms. The summed E-state index contributed by atoms with van der Waals surface area (Å²) in [6, 6.07) is 0. The summed E-state index contributed by atoms with van der Waals surface area (Å²) in [5.74, 6) is 1.32. The van der Waals surface area contributed by atoms with Gasteiger partial charge in [0.1, 0.15) is 0 Å². The average Bonchev–Trinajstić information content (AvgIpc) is 2.04. The number of hydrogen-bond donors (Lipinski definition) is 1. The molecule has 0 aliphatic heterocycles. The molecule has 0 aromatic carbocycles. The van der Waals surface area contributed by atoms with Crippen molar-refractivity contribution in [2.24, 2.45) is 11.8 Å². The number of hydrogen-bond acceptors (Lipinski definition) is 1. The van der Waals surface area contributed by atoms with Gasteiger partial charge in [-0.1, -0.05) is 39.5 Å². The van der Waals surface area contributed by atoms with E-state index >= 15 is 0 Å². The maximum absolute atomic E-state index is 9.92. The molecule has 0 amide bonds. The van der Waals surface area contributed by atoms with Crippen LogP contribution >= 0.6 is 0 Å². The van der Waals surface area contributed by atoms with E-state index in [2.05, 4.69) is 13.8 Å². The molecule has 1 heteroatoms. The highest BCUT2D eigenvalue weighted by atomic mass is 16.3. The van der Waals surface area contributed by atoms with Crippen LogP contribution in [0.3, 0.4) is 0 Å². The molecule has 1 saturated carbocycles. The van der Waals surface area contributed by atoms with Crippen molar-refractivity contribution in [1.29, 1.82) is 0 Å². The van der Waals surface area contributed by atoms with Crippen molar-refractivity contribution >= 4 is 0 Å². The number of aliphatic hydroxyl groups excluding tert-OH is 1. The molecule has 1 aliphatic rings. The SMILES string of the molecule is CC(C)CC1CCCCCCC1O. The van der Waals surface area contributed by atoms with Crippen LogP contribution in [0.1, 0.15) is 58.8 Å². The Kier molecular flexibility index (Phi) is 4.79. The molecule has 2 atom stereocenters. The van der Waals surface area contributed by atoms with Crippen molar-refractivity contribution in [1.82, 2.24) is 0 Å². The smallest absolute Gasteiger partial charge is 0.0568 e. The Balaban J connectivity index is 2.37. The van der Waals surface area contributed by atoms with E-state index < -0.39 is 0 Å². The molecule has 1 nitrogen and oxygen atoms in total. The molecule has 1 fully saturated rings. The molecular weight excluding hydrogens is 160 g/mol. The van der Waals surface area contributed by atoms with Crippen molar-refractivity contribution in [2.75, 3.05) is 0 Å². The minimum atomic E-state index is -0.0114. The Morgan fingerprint density at radius 3 is 2.31 bits per heavy atom. The molecule has 0 heterocycles. The van der Waals surface area contributed by atoms with Crippen LogP contribution in [0.4, 0.5) is 0 Å². The summed E-state index contributed by atoms with van der Waals surface area (Å²) in [4.78, 5) is 0. The fraction of sp³-hybridized carbons (Fsp3) is 1.00. The normalized spacial score (nSPS) is 31.4. The quantitative estimate of drug-likeness (QED) is 0.697. The Bertz CT molecular complexity index is 131. The van der Waals surface area contributed by atoms with E-state index in [9.17, 15) is 5.11 Å². The number of aliphatic hydroxyl groups is 1. The van der Waals surface area contributed by atoms with Crippen molar-refractivity contribution in [3.8, 4) is 0 Å². The lowest BCUT2D eigenvalue weighted by molar-refractivity contribution is 0.0721. The summed E-state index contributed by atoms with van der Waals surface area (Å²) < 4.78 is 0. The predicted molar refractivity (Wildman–Crippen MR) is 56.7 cm³/mol. The van der Waals surface area contributed by atoms with Crippen LogP contribution in [0.2, 0.25) is 0 Å². The lowest BCUT2D eigenvalue weighted by Crippen LogP contribution is -2.23. The van der Waals surface area contributed by atoms with Gasteiger partial charge in [0.05, 0.1) is 6.10 Å². The molecule has 1 N–H and O–H groups in total. The Hall–Kier alpha value is -0.0400. The summed E-state index contributed by atoms with van der Waals surface area (Å²) in [6.07, 6.45) is 8.75. The van der Waals surface area contributed by atoms with Gasteiger partial charge in [0.2, 0.25) is 0 Å². The van der Waals surface area contributed by atoms with Crippen LogP contribution in [-0.4, -0.2) is 11.2 Å². The van der Waals surface area contributed by atoms with Crippen molar-refractivity contribution in [3.05, 3.63) is 0 Å². The Morgan fingerprint density at radius 2 is 1.69 bits per heavy atom. The molecule has 0 saturated heterocycles. The van der Waals surface area contributed by atoms with Crippen molar-refractivity contribution < 1.29 is 5.11 Å². The molecule has 13 heavy (non-hydrogen) atoms. The van der Waals surface area contributed by atoms with E-state index in [-0.39, 0.29) is 6.10 Å². The molecule has 1 aliphatic carbocycles. The van der Waals surface area contributed by atoms with Gasteiger partial charge in [0.25, 0.3) is 0 Å². The van der Waals surface area contributed by atoms with Gasteiger partial charge in [-0.3, -0.25) is 0 Å². The predicted octanol–water partition coefficient (Wildman–Crippen LogP) is 3.36. The highest BCUT2D eigenvalue weighted by Crippen LogP contribution is 2.27. The van der Waals surface area contributed by atoms with Crippen LogP contribution in [0.25, 0.3) is 0 Å². The topological polar surface area (TPSA) is 20.2 Å². The maximum Gasteiger partial charge on any atom is 0.0568 e. The second-order valence-corrected chi connectivity index (χ2v) is 4.95. The standard InChI is InChI=1S/C12H24O/c1-10(2)9-11-7-5-3-4-6-8-12(11)13/h10-13H,3-9H2,1-2H3. The lowest BCUT2D eigenvalue weighted by atomic mass is 9.83. The minimum Gasteiger partial charge on any atom is -0.393 e. The molecule has 2 unspecified atom stereocenters. The van der Waals surface area contributed by atoms with Crippen LogP contribution in [0.15, 0.2) is 0 Å². The first kappa shape index (κ1) is 11.0. The van der Waals surface area contributed by atoms with E-state index in [1.807, 2.05) is 0 Å².